The Bertz CT molecular complexity index is 351. The van der Waals surface area contributed by atoms with E-state index in [4.69, 9.17) is 4.74 Å². The topological polar surface area (TPSA) is 58.6 Å². The van der Waals surface area contributed by atoms with E-state index in [9.17, 15) is 9.59 Å². The molecule has 5 heteroatoms. The van der Waals surface area contributed by atoms with E-state index >= 15 is 0 Å². The summed E-state index contributed by atoms with van der Waals surface area (Å²) in [5.74, 6) is -0.195. The SMILES string of the molecule is CCOC(=O)C1CCCCN1C(=O)C1(C)CCCN1. The van der Waals surface area contributed by atoms with E-state index in [0.29, 0.717) is 13.2 Å². The van der Waals surface area contributed by atoms with Gasteiger partial charge in [0.2, 0.25) is 5.91 Å². The van der Waals surface area contributed by atoms with Crippen molar-refractivity contribution in [2.75, 3.05) is 19.7 Å². The van der Waals surface area contributed by atoms with Crippen LogP contribution in [0.15, 0.2) is 0 Å². The second kappa shape index (κ2) is 5.90. The third kappa shape index (κ3) is 2.91. The Balaban J connectivity index is 2.10. The van der Waals surface area contributed by atoms with E-state index in [-0.39, 0.29) is 17.9 Å². The number of carbonyl (C=O) groups excluding carboxylic acids is 2. The van der Waals surface area contributed by atoms with Gasteiger partial charge in [0.05, 0.1) is 12.1 Å². The smallest absolute Gasteiger partial charge is 0.328 e. The summed E-state index contributed by atoms with van der Waals surface area (Å²) in [7, 11) is 0. The van der Waals surface area contributed by atoms with Gasteiger partial charge in [-0.15, -0.1) is 0 Å². The van der Waals surface area contributed by atoms with Gasteiger partial charge < -0.3 is 15.0 Å². The molecule has 2 fully saturated rings. The number of esters is 1. The first-order valence-corrected chi connectivity index (χ1v) is 7.31. The fourth-order valence-corrected chi connectivity index (χ4v) is 3.05. The largest absolute Gasteiger partial charge is 0.464 e. The number of piperidine rings is 1. The molecule has 1 amide bonds. The second-order valence-electron chi connectivity index (χ2n) is 5.62. The zero-order valence-corrected chi connectivity index (χ0v) is 11.9. The van der Waals surface area contributed by atoms with Gasteiger partial charge in [-0.1, -0.05) is 0 Å². The summed E-state index contributed by atoms with van der Waals surface area (Å²) < 4.78 is 5.10. The number of ether oxygens (including phenoxy) is 1. The number of hydrogen-bond acceptors (Lipinski definition) is 4. The average Bonchev–Trinajstić information content (AvgIpc) is 2.86. The summed E-state index contributed by atoms with van der Waals surface area (Å²) in [6, 6.07) is -0.388. The predicted molar refractivity (Wildman–Crippen MR) is 71.6 cm³/mol. The van der Waals surface area contributed by atoms with Gasteiger partial charge >= 0.3 is 5.97 Å². The van der Waals surface area contributed by atoms with Gasteiger partial charge in [0.1, 0.15) is 6.04 Å². The van der Waals surface area contributed by atoms with E-state index in [1.807, 2.05) is 6.92 Å². The number of amides is 1. The van der Waals surface area contributed by atoms with E-state index in [0.717, 1.165) is 38.6 Å². The van der Waals surface area contributed by atoms with E-state index in [1.54, 1.807) is 11.8 Å². The van der Waals surface area contributed by atoms with E-state index in [1.165, 1.54) is 0 Å². The van der Waals surface area contributed by atoms with Crippen molar-refractivity contribution in [1.82, 2.24) is 10.2 Å². The van der Waals surface area contributed by atoms with Crippen LogP contribution in [-0.2, 0) is 14.3 Å². The van der Waals surface area contributed by atoms with Crippen LogP contribution in [0, 0.1) is 0 Å². The lowest BCUT2D eigenvalue weighted by atomic mass is 9.94. The Morgan fingerprint density at radius 2 is 2.16 bits per heavy atom. The summed E-state index contributed by atoms with van der Waals surface area (Å²) in [6.45, 7) is 5.65. The maximum atomic E-state index is 12.7. The first-order chi connectivity index (χ1) is 9.08. The minimum absolute atomic E-state index is 0.0581. The highest BCUT2D eigenvalue weighted by atomic mass is 16.5. The number of rotatable bonds is 3. The van der Waals surface area contributed by atoms with Crippen LogP contribution in [0.3, 0.4) is 0 Å². The molecular formula is C14H24N2O3. The zero-order valence-electron chi connectivity index (χ0n) is 11.9. The van der Waals surface area contributed by atoms with Crippen molar-refractivity contribution in [3.63, 3.8) is 0 Å². The summed E-state index contributed by atoms with van der Waals surface area (Å²) in [4.78, 5) is 26.4. The maximum absolute atomic E-state index is 12.7. The third-order valence-corrected chi connectivity index (χ3v) is 4.16. The van der Waals surface area contributed by atoms with Crippen LogP contribution < -0.4 is 5.32 Å². The Labute approximate surface area is 114 Å². The lowest BCUT2D eigenvalue weighted by Crippen LogP contribution is -2.58. The fraction of sp³-hybridized carbons (Fsp3) is 0.857. The lowest BCUT2D eigenvalue weighted by Gasteiger charge is -2.38. The molecule has 0 radical (unpaired) electrons. The van der Waals surface area contributed by atoms with Gasteiger partial charge in [0.25, 0.3) is 0 Å². The number of nitrogens with one attached hydrogen (secondary N) is 1. The fourth-order valence-electron chi connectivity index (χ4n) is 3.05. The molecule has 0 spiro atoms. The van der Waals surface area contributed by atoms with Crippen LogP contribution in [-0.4, -0.2) is 48.1 Å². The molecule has 0 aromatic rings. The van der Waals surface area contributed by atoms with Gasteiger partial charge in [-0.3, -0.25) is 4.79 Å². The highest BCUT2D eigenvalue weighted by Gasteiger charge is 2.43. The van der Waals surface area contributed by atoms with Crippen molar-refractivity contribution in [3.8, 4) is 0 Å². The quantitative estimate of drug-likeness (QED) is 0.778. The summed E-state index contributed by atoms with van der Waals surface area (Å²) in [6.07, 6.45) is 4.54. The van der Waals surface area contributed by atoms with Gasteiger partial charge in [0, 0.05) is 6.54 Å². The Morgan fingerprint density at radius 3 is 2.79 bits per heavy atom. The summed E-state index contributed by atoms with van der Waals surface area (Å²) >= 11 is 0. The number of nitrogens with zero attached hydrogens (tertiary/aromatic N) is 1. The first kappa shape index (κ1) is 14.3. The molecule has 2 saturated heterocycles. The minimum atomic E-state index is -0.498. The van der Waals surface area contributed by atoms with Crippen molar-refractivity contribution < 1.29 is 14.3 Å². The van der Waals surface area contributed by atoms with Crippen LogP contribution in [0.1, 0.15) is 46.0 Å². The molecule has 0 aromatic heterocycles. The van der Waals surface area contributed by atoms with Crippen molar-refractivity contribution >= 4 is 11.9 Å². The van der Waals surface area contributed by atoms with Crippen LogP contribution in [0.2, 0.25) is 0 Å². The molecule has 2 heterocycles. The number of hydrogen-bond donors (Lipinski definition) is 1. The zero-order chi connectivity index (χ0) is 13.9. The molecule has 2 atom stereocenters. The third-order valence-electron chi connectivity index (χ3n) is 4.16. The molecule has 0 bridgehead atoms. The van der Waals surface area contributed by atoms with Crippen molar-refractivity contribution in [3.05, 3.63) is 0 Å². The second-order valence-corrected chi connectivity index (χ2v) is 5.62. The molecule has 1 N–H and O–H groups in total. The molecule has 0 saturated carbocycles. The van der Waals surface area contributed by atoms with Gasteiger partial charge in [0.15, 0.2) is 0 Å². The lowest BCUT2D eigenvalue weighted by molar-refractivity contribution is -0.158. The normalized spacial score (nSPS) is 31.3. The molecule has 5 nitrogen and oxygen atoms in total. The van der Waals surface area contributed by atoms with Gasteiger partial charge in [-0.2, -0.15) is 0 Å². The summed E-state index contributed by atoms with van der Waals surface area (Å²) in [5, 5.41) is 3.28. The Kier molecular flexibility index (Phi) is 4.45. The molecule has 0 aliphatic carbocycles. The monoisotopic (exact) mass is 268 g/mol. The van der Waals surface area contributed by atoms with Crippen LogP contribution in [0.5, 0.6) is 0 Å². The van der Waals surface area contributed by atoms with Crippen molar-refractivity contribution in [2.24, 2.45) is 0 Å². The standard InChI is InChI=1S/C14H24N2O3/c1-3-19-12(17)11-7-4-5-10-16(11)13(18)14(2)8-6-9-15-14/h11,15H,3-10H2,1-2H3. The molecule has 2 aliphatic rings. The molecule has 108 valence electrons. The molecule has 19 heavy (non-hydrogen) atoms. The van der Waals surface area contributed by atoms with Gasteiger partial charge in [-0.25, -0.2) is 4.79 Å². The Morgan fingerprint density at radius 1 is 1.37 bits per heavy atom. The van der Waals surface area contributed by atoms with E-state index in [2.05, 4.69) is 5.32 Å². The van der Waals surface area contributed by atoms with Crippen LogP contribution >= 0.6 is 0 Å². The maximum Gasteiger partial charge on any atom is 0.328 e. The van der Waals surface area contributed by atoms with Gasteiger partial charge in [-0.05, 0) is 52.5 Å². The molecule has 0 aromatic carbocycles. The number of carbonyl (C=O) groups is 2. The highest BCUT2D eigenvalue weighted by molar-refractivity contribution is 5.90. The minimum Gasteiger partial charge on any atom is -0.464 e. The van der Waals surface area contributed by atoms with Crippen LogP contribution in [0.4, 0.5) is 0 Å². The number of likely N-dealkylation sites (tertiary alicyclic amines) is 1. The van der Waals surface area contributed by atoms with Crippen molar-refractivity contribution in [1.29, 1.82) is 0 Å². The van der Waals surface area contributed by atoms with Crippen LogP contribution in [0.25, 0.3) is 0 Å². The van der Waals surface area contributed by atoms with E-state index < -0.39 is 5.54 Å². The predicted octanol–water partition coefficient (Wildman–Crippen LogP) is 1.07. The first-order valence-electron chi connectivity index (χ1n) is 7.31. The highest BCUT2D eigenvalue weighted by Crippen LogP contribution is 2.26. The molecule has 2 unspecified atom stereocenters. The summed E-state index contributed by atoms with van der Waals surface area (Å²) in [5.41, 5.74) is -0.498. The molecule has 2 aliphatic heterocycles. The molecular weight excluding hydrogens is 244 g/mol. The van der Waals surface area contributed by atoms with Crippen molar-refractivity contribution in [2.45, 2.75) is 57.5 Å². The Hall–Kier alpha value is -1.10. The molecule has 2 rings (SSSR count). The average molecular weight is 268 g/mol.